The number of hydrogen-bond acceptors (Lipinski definition) is 4. The van der Waals surface area contributed by atoms with Gasteiger partial charge in [-0.1, -0.05) is 29.3 Å². The number of benzene rings is 1. The topological polar surface area (TPSA) is 63.3 Å². The maximum atomic E-state index is 10.8. The SMILES string of the molecule is O=C(O)c1coc(-c2csc(-c3c(Cl)cccc3Cl)n2)c1. The van der Waals surface area contributed by atoms with E-state index in [1.807, 2.05) is 0 Å². The van der Waals surface area contributed by atoms with Gasteiger partial charge in [0.05, 0.1) is 15.6 Å². The third-order valence-corrected chi connectivity index (χ3v) is 4.27. The normalized spacial score (nSPS) is 10.8. The Kier molecular flexibility index (Phi) is 3.71. The Balaban J connectivity index is 2.02. The maximum absolute atomic E-state index is 10.8. The summed E-state index contributed by atoms with van der Waals surface area (Å²) >= 11 is 13.6. The van der Waals surface area contributed by atoms with Crippen LogP contribution in [0.5, 0.6) is 0 Å². The van der Waals surface area contributed by atoms with Crippen LogP contribution in [-0.2, 0) is 0 Å². The lowest BCUT2D eigenvalue weighted by Crippen LogP contribution is -1.91. The van der Waals surface area contributed by atoms with E-state index in [2.05, 4.69) is 4.98 Å². The van der Waals surface area contributed by atoms with E-state index >= 15 is 0 Å². The maximum Gasteiger partial charge on any atom is 0.338 e. The lowest BCUT2D eigenvalue weighted by molar-refractivity contribution is 0.0696. The predicted molar refractivity (Wildman–Crippen MR) is 82.2 cm³/mol. The second kappa shape index (κ2) is 5.52. The molecule has 0 radical (unpaired) electrons. The summed E-state index contributed by atoms with van der Waals surface area (Å²) in [7, 11) is 0. The molecule has 3 aromatic rings. The molecule has 0 saturated heterocycles. The number of carboxylic acids is 1. The molecule has 2 aromatic heterocycles. The van der Waals surface area contributed by atoms with E-state index in [-0.39, 0.29) is 5.56 Å². The first-order valence-corrected chi connectivity index (χ1v) is 7.42. The summed E-state index contributed by atoms with van der Waals surface area (Å²) < 4.78 is 5.22. The molecule has 0 aliphatic carbocycles. The highest BCUT2D eigenvalue weighted by Gasteiger charge is 2.16. The van der Waals surface area contributed by atoms with Gasteiger partial charge in [0.25, 0.3) is 0 Å². The van der Waals surface area contributed by atoms with E-state index < -0.39 is 5.97 Å². The molecule has 0 fully saturated rings. The molecule has 0 unspecified atom stereocenters. The standard InChI is InChI=1S/C14H7Cl2NO3S/c15-8-2-1-3-9(16)12(8)13-17-10(6-21-13)11-4-7(5-20-11)14(18)19/h1-6H,(H,18,19). The molecule has 0 bridgehead atoms. The van der Waals surface area contributed by atoms with Crippen molar-refractivity contribution in [3.8, 4) is 22.0 Å². The quantitative estimate of drug-likeness (QED) is 0.723. The number of rotatable bonds is 3. The predicted octanol–water partition coefficient (Wildman–Crippen LogP) is 5.08. The Morgan fingerprint density at radius 1 is 1.29 bits per heavy atom. The molecule has 4 nitrogen and oxygen atoms in total. The Labute approximate surface area is 133 Å². The van der Waals surface area contributed by atoms with Crippen molar-refractivity contribution < 1.29 is 14.3 Å². The number of aromatic nitrogens is 1. The summed E-state index contributed by atoms with van der Waals surface area (Å²) in [5, 5.41) is 12.3. The van der Waals surface area contributed by atoms with E-state index in [0.717, 1.165) is 0 Å². The number of furan rings is 1. The second-order valence-electron chi connectivity index (χ2n) is 4.14. The van der Waals surface area contributed by atoms with Gasteiger partial charge in [-0.25, -0.2) is 9.78 Å². The van der Waals surface area contributed by atoms with Crippen LogP contribution in [0.3, 0.4) is 0 Å². The Morgan fingerprint density at radius 2 is 2.00 bits per heavy atom. The fourth-order valence-corrected chi connectivity index (χ4v) is 3.36. The van der Waals surface area contributed by atoms with Gasteiger partial charge in [-0.05, 0) is 12.1 Å². The van der Waals surface area contributed by atoms with E-state index in [0.29, 0.717) is 32.1 Å². The van der Waals surface area contributed by atoms with Crippen LogP contribution in [0.2, 0.25) is 10.0 Å². The van der Waals surface area contributed by atoms with Gasteiger partial charge in [0, 0.05) is 17.0 Å². The van der Waals surface area contributed by atoms with Crippen molar-refractivity contribution in [1.82, 2.24) is 4.98 Å². The number of halogens is 2. The van der Waals surface area contributed by atoms with Gasteiger partial charge in [-0.2, -0.15) is 0 Å². The molecule has 0 amide bonds. The molecule has 2 heterocycles. The van der Waals surface area contributed by atoms with Crippen LogP contribution >= 0.6 is 34.5 Å². The van der Waals surface area contributed by atoms with Crippen molar-refractivity contribution >= 4 is 40.5 Å². The smallest absolute Gasteiger partial charge is 0.338 e. The minimum absolute atomic E-state index is 0.0790. The minimum Gasteiger partial charge on any atom is -0.478 e. The fraction of sp³-hybridized carbons (Fsp3) is 0. The number of aromatic carboxylic acids is 1. The third kappa shape index (κ3) is 2.68. The molecule has 21 heavy (non-hydrogen) atoms. The van der Waals surface area contributed by atoms with Crippen LogP contribution in [0.4, 0.5) is 0 Å². The molecular weight excluding hydrogens is 333 g/mol. The Bertz CT molecular complexity index is 805. The fourth-order valence-electron chi connectivity index (χ4n) is 1.79. The summed E-state index contributed by atoms with van der Waals surface area (Å²) in [6.45, 7) is 0. The van der Waals surface area contributed by atoms with Gasteiger partial charge in [0.15, 0.2) is 5.76 Å². The number of carbonyl (C=O) groups is 1. The number of thiazole rings is 1. The van der Waals surface area contributed by atoms with Crippen molar-refractivity contribution in [2.75, 3.05) is 0 Å². The molecule has 1 N–H and O–H groups in total. The van der Waals surface area contributed by atoms with E-state index in [1.54, 1.807) is 23.6 Å². The van der Waals surface area contributed by atoms with Crippen LogP contribution in [0.1, 0.15) is 10.4 Å². The van der Waals surface area contributed by atoms with E-state index in [4.69, 9.17) is 32.7 Å². The molecule has 1 aromatic carbocycles. The monoisotopic (exact) mass is 339 g/mol. The molecule has 7 heteroatoms. The zero-order valence-corrected chi connectivity index (χ0v) is 12.7. The van der Waals surface area contributed by atoms with Crippen molar-refractivity contribution in [2.45, 2.75) is 0 Å². The Hall–Kier alpha value is -1.82. The van der Waals surface area contributed by atoms with E-state index in [9.17, 15) is 4.79 Å². The largest absolute Gasteiger partial charge is 0.478 e. The molecular formula is C14H7Cl2NO3S. The van der Waals surface area contributed by atoms with E-state index in [1.165, 1.54) is 23.7 Å². The number of nitrogens with zero attached hydrogens (tertiary/aromatic N) is 1. The summed E-state index contributed by atoms with van der Waals surface area (Å²) in [4.78, 5) is 15.3. The summed E-state index contributed by atoms with van der Waals surface area (Å²) in [5.74, 6) is -0.660. The number of carboxylic acid groups (broad SMARTS) is 1. The first kappa shape index (κ1) is 14.1. The average molecular weight is 340 g/mol. The zero-order chi connectivity index (χ0) is 15.0. The highest BCUT2D eigenvalue weighted by Crippen LogP contribution is 2.38. The van der Waals surface area contributed by atoms with Crippen molar-refractivity contribution in [1.29, 1.82) is 0 Å². The summed E-state index contributed by atoms with van der Waals surface area (Å²) in [6, 6.07) is 6.66. The molecule has 0 aliphatic heterocycles. The lowest BCUT2D eigenvalue weighted by Gasteiger charge is -2.02. The molecule has 106 valence electrons. The lowest BCUT2D eigenvalue weighted by atomic mass is 10.2. The zero-order valence-electron chi connectivity index (χ0n) is 10.3. The average Bonchev–Trinajstić information content (AvgIpc) is 3.07. The van der Waals surface area contributed by atoms with Crippen LogP contribution in [0, 0.1) is 0 Å². The van der Waals surface area contributed by atoms with Gasteiger partial charge in [-0.3, -0.25) is 0 Å². The van der Waals surface area contributed by atoms with Crippen LogP contribution < -0.4 is 0 Å². The van der Waals surface area contributed by atoms with Crippen LogP contribution in [0.15, 0.2) is 40.3 Å². The van der Waals surface area contributed by atoms with Crippen molar-refractivity contribution in [2.24, 2.45) is 0 Å². The molecule has 0 atom stereocenters. The van der Waals surface area contributed by atoms with Gasteiger partial charge < -0.3 is 9.52 Å². The summed E-state index contributed by atoms with van der Waals surface area (Å²) in [6.07, 6.45) is 1.18. The van der Waals surface area contributed by atoms with Crippen LogP contribution in [0.25, 0.3) is 22.0 Å². The molecule has 0 saturated carbocycles. The number of hydrogen-bond donors (Lipinski definition) is 1. The van der Waals surface area contributed by atoms with Gasteiger partial charge >= 0.3 is 5.97 Å². The third-order valence-electron chi connectivity index (χ3n) is 2.78. The summed E-state index contributed by atoms with van der Waals surface area (Å²) in [5.41, 5.74) is 1.27. The van der Waals surface area contributed by atoms with Crippen molar-refractivity contribution in [3.05, 3.63) is 51.5 Å². The second-order valence-corrected chi connectivity index (χ2v) is 5.81. The van der Waals surface area contributed by atoms with Gasteiger partial charge in [-0.15, -0.1) is 11.3 Å². The molecule has 0 aliphatic rings. The van der Waals surface area contributed by atoms with Gasteiger partial charge in [0.2, 0.25) is 0 Å². The minimum atomic E-state index is -1.05. The Morgan fingerprint density at radius 3 is 2.62 bits per heavy atom. The molecule has 0 spiro atoms. The molecule has 3 rings (SSSR count). The first-order valence-electron chi connectivity index (χ1n) is 5.78. The highest BCUT2D eigenvalue weighted by molar-refractivity contribution is 7.13. The first-order chi connectivity index (χ1) is 10.1. The van der Waals surface area contributed by atoms with Crippen LogP contribution in [-0.4, -0.2) is 16.1 Å². The van der Waals surface area contributed by atoms with Gasteiger partial charge in [0.1, 0.15) is 17.0 Å². The van der Waals surface area contributed by atoms with Crippen molar-refractivity contribution in [3.63, 3.8) is 0 Å². The highest BCUT2D eigenvalue weighted by atomic mass is 35.5.